The molecule has 0 radical (unpaired) electrons. The fourth-order valence-electron chi connectivity index (χ4n) is 3.40. The van der Waals surface area contributed by atoms with Gasteiger partial charge in [-0.3, -0.25) is 4.79 Å². The molecule has 2 N–H and O–H groups in total. The number of carboxylic acids is 1. The van der Waals surface area contributed by atoms with Gasteiger partial charge in [0.25, 0.3) is 0 Å². The fraction of sp³-hybridized carbons (Fsp3) is 0.684. The number of carbonyl (C=O) groups excluding carboxylic acids is 1. The van der Waals surface area contributed by atoms with Gasteiger partial charge in [0, 0.05) is 25.4 Å². The summed E-state index contributed by atoms with van der Waals surface area (Å²) in [5, 5.41) is 18.9. The minimum absolute atomic E-state index is 0.0513. The summed E-state index contributed by atoms with van der Waals surface area (Å²) in [6, 6.07) is 3.29. The summed E-state index contributed by atoms with van der Waals surface area (Å²) in [6.07, 6.45) is 7.10. The molecular weight excluding hydrogens is 322 g/mol. The second kappa shape index (κ2) is 9.61. The van der Waals surface area contributed by atoms with Crippen molar-refractivity contribution in [1.82, 2.24) is 4.90 Å². The number of hydrogen-bond donors (Lipinski definition) is 2. The van der Waals surface area contributed by atoms with Crippen LogP contribution in [0.15, 0.2) is 16.5 Å². The number of furan rings is 1. The molecule has 1 unspecified atom stereocenters. The molecule has 1 amide bonds. The topological polar surface area (TPSA) is 91.0 Å². The van der Waals surface area contributed by atoms with E-state index < -0.39 is 5.97 Å². The maximum atomic E-state index is 12.1. The highest BCUT2D eigenvalue weighted by atomic mass is 16.4. The van der Waals surface area contributed by atoms with E-state index in [-0.39, 0.29) is 23.8 Å². The standard InChI is InChI=1S/C19H29NO5/c1-2-3-4-5-15(21)12-13-20-14(7-11-18(20)22)6-8-16-9-10-17(25-16)19(23)24/h9-10,14-15,21H,2-8,11-13H2,1H3,(H,23,24)/t14?,15-/m1/s1. The molecule has 0 saturated carbocycles. The molecule has 0 spiro atoms. The fourth-order valence-corrected chi connectivity index (χ4v) is 3.40. The summed E-state index contributed by atoms with van der Waals surface area (Å²) >= 11 is 0. The van der Waals surface area contributed by atoms with Crippen molar-refractivity contribution in [2.24, 2.45) is 0 Å². The zero-order valence-electron chi connectivity index (χ0n) is 14.9. The summed E-state index contributed by atoms with van der Waals surface area (Å²) in [7, 11) is 0. The van der Waals surface area contributed by atoms with Gasteiger partial charge in [-0.05, 0) is 37.8 Å². The highest BCUT2D eigenvalue weighted by Crippen LogP contribution is 2.24. The lowest BCUT2D eigenvalue weighted by Crippen LogP contribution is -2.35. The lowest BCUT2D eigenvalue weighted by atomic mass is 10.1. The van der Waals surface area contributed by atoms with Crippen LogP contribution in [0, 0.1) is 0 Å². The first-order valence-corrected chi connectivity index (χ1v) is 9.30. The van der Waals surface area contributed by atoms with E-state index in [2.05, 4.69) is 6.92 Å². The van der Waals surface area contributed by atoms with Gasteiger partial charge in [-0.25, -0.2) is 4.79 Å². The van der Waals surface area contributed by atoms with Crippen molar-refractivity contribution in [3.8, 4) is 0 Å². The van der Waals surface area contributed by atoms with Crippen LogP contribution in [0.4, 0.5) is 0 Å². The van der Waals surface area contributed by atoms with Gasteiger partial charge in [-0.2, -0.15) is 0 Å². The molecule has 25 heavy (non-hydrogen) atoms. The van der Waals surface area contributed by atoms with Gasteiger partial charge < -0.3 is 19.5 Å². The molecule has 2 heterocycles. The minimum Gasteiger partial charge on any atom is -0.475 e. The molecule has 1 fully saturated rings. The van der Waals surface area contributed by atoms with Gasteiger partial charge in [0.15, 0.2) is 0 Å². The Hall–Kier alpha value is -1.82. The molecule has 0 aromatic carbocycles. The zero-order valence-corrected chi connectivity index (χ0v) is 14.9. The molecule has 0 aliphatic carbocycles. The van der Waals surface area contributed by atoms with Crippen molar-refractivity contribution in [2.75, 3.05) is 6.54 Å². The maximum absolute atomic E-state index is 12.1. The number of hydrogen-bond acceptors (Lipinski definition) is 4. The van der Waals surface area contributed by atoms with Gasteiger partial charge >= 0.3 is 5.97 Å². The van der Waals surface area contributed by atoms with Crippen LogP contribution in [0.1, 0.15) is 74.6 Å². The van der Waals surface area contributed by atoms with Crippen LogP contribution in [0.25, 0.3) is 0 Å². The molecule has 1 aromatic heterocycles. The van der Waals surface area contributed by atoms with Crippen LogP contribution in [0.3, 0.4) is 0 Å². The van der Waals surface area contributed by atoms with Crippen LogP contribution >= 0.6 is 0 Å². The Morgan fingerprint density at radius 3 is 2.84 bits per heavy atom. The highest BCUT2D eigenvalue weighted by Gasteiger charge is 2.30. The van der Waals surface area contributed by atoms with Gasteiger partial charge in [0.2, 0.25) is 11.7 Å². The third-order valence-corrected chi connectivity index (χ3v) is 4.89. The second-order valence-electron chi connectivity index (χ2n) is 6.83. The number of aryl methyl sites for hydroxylation is 1. The average molecular weight is 351 g/mol. The minimum atomic E-state index is -1.07. The van der Waals surface area contributed by atoms with E-state index in [0.717, 1.165) is 38.5 Å². The average Bonchev–Trinajstić information content (AvgIpc) is 3.18. The largest absolute Gasteiger partial charge is 0.475 e. The van der Waals surface area contributed by atoms with Crippen LogP contribution in [0.2, 0.25) is 0 Å². The Kier molecular flexibility index (Phi) is 7.50. The van der Waals surface area contributed by atoms with Crippen LogP contribution < -0.4 is 0 Å². The second-order valence-corrected chi connectivity index (χ2v) is 6.83. The van der Waals surface area contributed by atoms with Crippen molar-refractivity contribution in [3.63, 3.8) is 0 Å². The first-order chi connectivity index (χ1) is 12.0. The molecule has 1 saturated heterocycles. The van der Waals surface area contributed by atoms with E-state index in [1.807, 2.05) is 4.90 Å². The molecule has 6 heteroatoms. The predicted octanol–water partition coefficient (Wildman–Crippen LogP) is 3.23. The van der Waals surface area contributed by atoms with Crippen molar-refractivity contribution in [2.45, 2.75) is 76.9 Å². The lowest BCUT2D eigenvalue weighted by molar-refractivity contribution is -0.129. The first kappa shape index (κ1) is 19.5. The Balaban J connectivity index is 1.78. The smallest absolute Gasteiger partial charge is 0.371 e. The Morgan fingerprint density at radius 1 is 1.36 bits per heavy atom. The van der Waals surface area contributed by atoms with Crippen molar-refractivity contribution in [3.05, 3.63) is 23.7 Å². The number of aliphatic hydroxyl groups excluding tert-OH is 1. The normalized spacial score (nSPS) is 18.7. The van der Waals surface area contributed by atoms with E-state index >= 15 is 0 Å². The van der Waals surface area contributed by atoms with Crippen LogP contribution in [-0.2, 0) is 11.2 Å². The zero-order chi connectivity index (χ0) is 18.2. The van der Waals surface area contributed by atoms with E-state index in [4.69, 9.17) is 9.52 Å². The lowest BCUT2D eigenvalue weighted by Gasteiger charge is -2.25. The monoisotopic (exact) mass is 351 g/mol. The first-order valence-electron chi connectivity index (χ1n) is 9.30. The number of aromatic carboxylic acids is 1. The predicted molar refractivity (Wildman–Crippen MR) is 93.5 cm³/mol. The number of rotatable bonds is 11. The number of nitrogens with zero attached hydrogens (tertiary/aromatic N) is 1. The Bertz CT molecular complexity index is 568. The molecule has 1 aromatic rings. The summed E-state index contributed by atoms with van der Waals surface area (Å²) in [4.78, 5) is 24.8. The molecule has 2 atom stereocenters. The SMILES string of the molecule is CCCCC[C@@H](O)CCN1C(=O)CCC1CCc1ccc(C(=O)O)o1. The number of unbranched alkanes of at least 4 members (excludes halogenated alkanes) is 2. The van der Waals surface area contributed by atoms with Crippen LogP contribution in [0.5, 0.6) is 0 Å². The third-order valence-electron chi connectivity index (χ3n) is 4.89. The summed E-state index contributed by atoms with van der Waals surface area (Å²) in [5.41, 5.74) is 0. The van der Waals surface area contributed by atoms with Crippen LogP contribution in [-0.4, -0.2) is 45.7 Å². The van der Waals surface area contributed by atoms with E-state index in [0.29, 0.717) is 31.6 Å². The maximum Gasteiger partial charge on any atom is 0.371 e. The summed E-state index contributed by atoms with van der Waals surface area (Å²) in [6.45, 7) is 2.73. The molecule has 1 aliphatic heterocycles. The number of aliphatic hydroxyl groups is 1. The third kappa shape index (κ3) is 5.88. The van der Waals surface area contributed by atoms with Crippen molar-refractivity contribution < 1.29 is 24.2 Å². The van der Waals surface area contributed by atoms with E-state index in [9.17, 15) is 14.7 Å². The van der Waals surface area contributed by atoms with Crippen molar-refractivity contribution >= 4 is 11.9 Å². The van der Waals surface area contributed by atoms with E-state index in [1.54, 1.807) is 6.07 Å². The number of amides is 1. The van der Waals surface area contributed by atoms with Gasteiger partial charge in [-0.15, -0.1) is 0 Å². The molecule has 140 valence electrons. The van der Waals surface area contributed by atoms with Gasteiger partial charge in [0.1, 0.15) is 5.76 Å². The Morgan fingerprint density at radius 2 is 2.16 bits per heavy atom. The van der Waals surface area contributed by atoms with E-state index in [1.165, 1.54) is 6.07 Å². The quantitative estimate of drug-likeness (QED) is 0.597. The highest BCUT2D eigenvalue weighted by molar-refractivity contribution is 5.84. The summed E-state index contributed by atoms with van der Waals surface area (Å²) < 4.78 is 5.28. The molecular formula is C19H29NO5. The Labute approximate surface area is 148 Å². The molecule has 1 aliphatic rings. The number of carboxylic acid groups (broad SMARTS) is 1. The molecule has 6 nitrogen and oxygen atoms in total. The van der Waals surface area contributed by atoms with Gasteiger partial charge in [-0.1, -0.05) is 26.2 Å². The number of likely N-dealkylation sites (tertiary alicyclic amines) is 1. The molecule has 0 bridgehead atoms. The number of carbonyl (C=O) groups is 2. The molecule has 2 rings (SSSR count). The van der Waals surface area contributed by atoms with Crippen molar-refractivity contribution in [1.29, 1.82) is 0 Å². The van der Waals surface area contributed by atoms with Gasteiger partial charge in [0.05, 0.1) is 6.10 Å². The summed E-state index contributed by atoms with van der Waals surface area (Å²) in [5.74, 6) is -0.335.